The zero-order valence-electron chi connectivity index (χ0n) is 22.7. The average Bonchev–Trinajstić information content (AvgIpc) is 3.21. The third-order valence-corrected chi connectivity index (χ3v) is 11.5. The van der Waals surface area contributed by atoms with E-state index in [4.69, 9.17) is 0 Å². The van der Waals surface area contributed by atoms with Crippen LogP contribution in [0.25, 0.3) is 0 Å². The highest BCUT2D eigenvalue weighted by Crippen LogP contribution is 2.67. The van der Waals surface area contributed by atoms with Gasteiger partial charge in [-0.3, -0.25) is 14.4 Å². The molecule has 0 heterocycles. The molecule has 4 heteroatoms. The highest BCUT2D eigenvalue weighted by molar-refractivity contribution is 5.86. The summed E-state index contributed by atoms with van der Waals surface area (Å²) in [6, 6.07) is 10.3. The number of carbonyl (C=O) groups excluding carboxylic acids is 3. The average molecular weight is 492 g/mol. The van der Waals surface area contributed by atoms with Gasteiger partial charge in [-0.05, 0) is 84.5 Å². The quantitative estimate of drug-likeness (QED) is 0.482. The van der Waals surface area contributed by atoms with Gasteiger partial charge in [0.05, 0.1) is 6.04 Å². The lowest BCUT2D eigenvalue weighted by molar-refractivity contribution is -0.159. The van der Waals surface area contributed by atoms with Gasteiger partial charge >= 0.3 is 0 Å². The van der Waals surface area contributed by atoms with Gasteiger partial charge in [-0.1, -0.05) is 58.0 Å². The highest BCUT2D eigenvalue weighted by Gasteiger charge is 2.63. The standard InChI is InChI=1S/C32H45NO3/c1-5-27(21-9-7-6-8-10-21)33-29(36)17-20(2)24-11-12-25-30-26(14-16-32(24,25)4)31(3)15-13-23(34)18-22(31)19-28(30)35/h6-10,20,22,24-27,30H,5,11-19H2,1-4H3,(H,33,36)/t20-,22+,24?,25+,26+,27+,30+,31+,32-/m1/s1. The maximum atomic E-state index is 13.6. The summed E-state index contributed by atoms with van der Waals surface area (Å²) in [5.74, 6) is 3.01. The highest BCUT2D eigenvalue weighted by atomic mass is 16.2. The molecule has 4 nitrogen and oxygen atoms in total. The zero-order chi connectivity index (χ0) is 25.7. The first-order chi connectivity index (χ1) is 17.2. The van der Waals surface area contributed by atoms with Gasteiger partial charge in [0.1, 0.15) is 11.6 Å². The van der Waals surface area contributed by atoms with Crippen LogP contribution < -0.4 is 5.32 Å². The molecule has 0 radical (unpaired) electrons. The Morgan fingerprint density at radius 1 is 1.00 bits per heavy atom. The lowest BCUT2D eigenvalue weighted by Crippen LogP contribution is -2.57. The van der Waals surface area contributed by atoms with Crippen molar-refractivity contribution in [1.82, 2.24) is 5.32 Å². The second kappa shape index (κ2) is 9.72. The first kappa shape index (κ1) is 25.7. The van der Waals surface area contributed by atoms with Gasteiger partial charge in [0.15, 0.2) is 0 Å². The molecule has 5 rings (SSSR count). The number of Topliss-reactive ketones (excluding diaryl/α,β-unsaturated/α-hetero) is 2. The number of nitrogens with one attached hydrogen (secondary N) is 1. The van der Waals surface area contributed by atoms with E-state index in [9.17, 15) is 14.4 Å². The van der Waals surface area contributed by atoms with Gasteiger partial charge in [-0.25, -0.2) is 0 Å². The first-order valence-corrected chi connectivity index (χ1v) is 14.6. The van der Waals surface area contributed by atoms with Gasteiger partial charge in [0.25, 0.3) is 0 Å². The summed E-state index contributed by atoms with van der Waals surface area (Å²) in [6.45, 7) is 9.22. The minimum atomic E-state index is 0.0594. The van der Waals surface area contributed by atoms with Gasteiger partial charge in [0.2, 0.25) is 5.91 Å². The summed E-state index contributed by atoms with van der Waals surface area (Å²) < 4.78 is 0. The third kappa shape index (κ3) is 4.27. The second-order valence-corrected chi connectivity index (χ2v) is 13.2. The van der Waals surface area contributed by atoms with E-state index in [1.165, 1.54) is 5.56 Å². The fourth-order valence-corrected chi connectivity index (χ4v) is 9.49. The van der Waals surface area contributed by atoms with Crippen LogP contribution in [0.1, 0.15) is 104 Å². The van der Waals surface area contributed by atoms with E-state index in [2.05, 4.69) is 45.1 Å². The normalized spacial score (nSPS) is 39.5. The molecule has 1 aromatic rings. The molecule has 0 spiro atoms. The SMILES string of the molecule is CC[C@H](NC(=O)C[C@@H](C)C1CC[C@H]2[C@@H]3C(=O)C[C@@H]4CC(=O)CC[C@]4(C)[C@H]3CC[C@]12C)c1ccccc1. The Balaban J connectivity index is 1.28. The lowest BCUT2D eigenvalue weighted by Gasteiger charge is -2.59. The number of hydrogen-bond donors (Lipinski definition) is 1. The number of carbonyl (C=O) groups is 3. The fraction of sp³-hybridized carbons (Fsp3) is 0.719. The molecule has 0 bridgehead atoms. The first-order valence-electron chi connectivity index (χ1n) is 14.6. The summed E-state index contributed by atoms with van der Waals surface area (Å²) >= 11 is 0. The molecule has 4 fully saturated rings. The number of ketones is 2. The summed E-state index contributed by atoms with van der Waals surface area (Å²) in [5, 5.41) is 3.29. The molecule has 1 amide bonds. The van der Waals surface area contributed by atoms with Crippen molar-refractivity contribution in [3.05, 3.63) is 35.9 Å². The Morgan fingerprint density at radius 2 is 1.72 bits per heavy atom. The Bertz CT molecular complexity index is 1000. The van der Waals surface area contributed by atoms with Crippen molar-refractivity contribution in [3.63, 3.8) is 0 Å². The monoisotopic (exact) mass is 491 g/mol. The van der Waals surface area contributed by atoms with Crippen molar-refractivity contribution in [2.24, 2.45) is 46.3 Å². The van der Waals surface area contributed by atoms with Crippen molar-refractivity contribution < 1.29 is 14.4 Å². The summed E-state index contributed by atoms with van der Waals surface area (Å²) in [5.41, 5.74) is 1.44. The minimum absolute atomic E-state index is 0.0594. The number of fused-ring (bicyclic) bond motifs is 5. The second-order valence-electron chi connectivity index (χ2n) is 13.2. The third-order valence-electron chi connectivity index (χ3n) is 11.5. The Hall–Kier alpha value is -1.97. The fourth-order valence-electron chi connectivity index (χ4n) is 9.49. The molecular formula is C32H45NO3. The molecular weight excluding hydrogens is 446 g/mol. The Kier molecular flexibility index (Phi) is 6.93. The Morgan fingerprint density at radius 3 is 2.44 bits per heavy atom. The van der Waals surface area contributed by atoms with Gasteiger partial charge in [-0.15, -0.1) is 0 Å². The molecule has 1 aromatic carbocycles. The van der Waals surface area contributed by atoms with Gasteiger partial charge in [0, 0.05) is 31.6 Å². The van der Waals surface area contributed by atoms with Crippen LogP contribution in [0.4, 0.5) is 0 Å². The lowest BCUT2D eigenvalue weighted by atomic mass is 9.44. The maximum absolute atomic E-state index is 13.6. The van der Waals surface area contributed by atoms with Crippen LogP contribution in [0.2, 0.25) is 0 Å². The molecule has 1 unspecified atom stereocenters. The van der Waals surface area contributed by atoms with Crippen LogP contribution >= 0.6 is 0 Å². The van der Waals surface area contributed by atoms with Crippen LogP contribution in [0.15, 0.2) is 30.3 Å². The molecule has 0 aromatic heterocycles. The van der Waals surface area contributed by atoms with Crippen LogP contribution in [0.5, 0.6) is 0 Å². The number of benzene rings is 1. The van der Waals surface area contributed by atoms with Crippen molar-refractivity contribution >= 4 is 17.5 Å². The molecule has 36 heavy (non-hydrogen) atoms. The molecule has 1 N–H and O–H groups in total. The number of hydrogen-bond acceptors (Lipinski definition) is 3. The van der Waals surface area contributed by atoms with Crippen molar-refractivity contribution in [3.8, 4) is 0 Å². The van der Waals surface area contributed by atoms with Crippen LogP contribution in [-0.2, 0) is 14.4 Å². The smallest absolute Gasteiger partial charge is 0.220 e. The molecule has 4 saturated carbocycles. The predicted octanol–water partition coefficient (Wildman–Crippen LogP) is 6.69. The van der Waals surface area contributed by atoms with E-state index in [0.717, 1.165) is 38.5 Å². The summed E-state index contributed by atoms with van der Waals surface area (Å²) in [6.07, 6.45) is 8.82. The molecule has 4 aliphatic carbocycles. The number of rotatable bonds is 6. The maximum Gasteiger partial charge on any atom is 0.220 e. The molecule has 0 aliphatic heterocycles. The van der Waals surface area contributed by atoms with Crippen LogP contribution in [-0.4, -0.2) is 17.5 Å². The van der Waals surface area contributed by atoms with E-state index in [1.807, 2.05) is 18.2 Å². The van der Waals surface area contributed by atoms with Crippen molar-refractivity contribution in [2.45, 2.75) is 97.9 Å². The number of amides is 1. The minimum Gasteiger partial charge on any atom is -0.349 e. The van der Waals surface area contributed by atoms with E-state index >= 15 is 0 Å². The van der Waals surface area contributed by atoms with Crippen molar-refractivity contribution in [2.75, 3.05) is 0 Å². The predicted molar refractivity (Wildman–Crippen MR) is 142 cm³/mol. The molecule has 196 valence electrons. The van der Waals surface area contributed by atoms with E-state index in [1.54, 1.807) is 0 Å². The van der Waals surface area contributed by atoms with E-state index in [-0.39, 0.29) is 34.6 Å². The van der Waals surface area contributed by atoms with Crippen LogP contribution in [0, 0.1) is 46.3 Å². The van der Waals surface area contributed by atoms with E-state index in [0.29, 0.717) is 60.9 Å². The van der Waals surface area contributed by atoms with Crippen molar-refractivity contribution in [1.29, 1.82) is 0 Å². The van der Waals surface area contributed by atoms with E-state index < -0.39 is 0 Å². The zero-order valence-corrected chi connectivity index (χ0v) is 22.7. The van der Waals surface area contributed by atoms with Crippen LogP contribution in [0.3, 0.4) is 0 Å². The molecule has 4 aliphatic rings. The Labute approximate surface area is 217 Å². The van der Waals surface area contributed by atoms with Gasteiger partial charge in [-0.2, -0.15) is 0 Å². The largest absolute Gasteiger partial charge is 0.349 e. The molecule has 9 atom stereocenters. The summed E-state index contributed by atoms with van der Waals surface area (Å²) in [4.78, 5) is 38.9. The topological polar surface area (TPSA) is 63.2 Å². The van der Waals surface area contributed by atoms with Gasteiger partial charge < -0.3 is 5.32 Å². The summed E-state index contributed by atoms with van der Waals surface area (Å²) in [7, 11) is 0. The molecule has 0 saturated heterocycles.